The number of carbonyl (C=O) groups is 1. The van der Waals surface area contributed by atoms with Gasteiger partial charge in [0.25, 0.3) is 15.9 Å². The van der Waals surface area contributed by atoms with Crippen LogP contribution in [0, 0.1) is 5.82 Å². The number of amides is 1. The second kappa shape index (κ2) is 9.66. The van der Waals surface area contributed by atoms with E-state index in [2.05, 4.69) is 15.0 Å². The lowest BCUT2D eigenvalue weighted by molar-refractivity contribution is 0.0947. The number of ether oxygens (including phenoxy) is 1. The molecule has 0 aliphatic carbocycles. The number of pyridine rings is 1. The number of sulfonamides is 1. The van der Waals surface area contributed by atoms with E-state index in [0.29, 0.717) is 16.7 Å². The van der Waals surface area contributed by atoms with Crippen LogP contribution in [0.25, 0.3) is 10.9 Å². The molecule has 4 rings (SSSR count). The van der Waals surface area contributed by atoms with E-state index in [4.69, 9.17) is 4.74 Å². The van der Waals surface area contributed by atoms with Crippen molar-refractivity contribution in [1.29, 1.82) is 0 Å². The lowest BCUT2D eigenvalue weighted by atomic mass is 10.1. The van der Waals surface area contributed by atoms with Gasteiger partial charge in [-0.1, -0.05) is 36.4 Å². The van der Waals surface area contributed by atoms with Crippen LogP contribution in [0.4, 0.5) is 10.1 Å². The van der Waals surface area contributed by atoms with Crippen LogP contribution in [0.3, 0.4) is 0 Å². The maximum Gasteiger partial charge on any atom is 0.264 e. The van der Waals surface area contributed by atoms with E-state index in [9.17, 15) is 17.6 Å². The molecule has 0 radical (unpaired) electrons. The Morgan fingerprint density at radius 2 is 1.79 bits per heavy atom. The maximum absolute atomic E-state index is 13.9. The second-order valence-corrected chi connectivity index (χ2v) is 8.69. The van der Waals surface area contributed by atoms with Crippen molar-refractivity contribution in [3.63, 3.8) is 0 Å². The van der Waals surface area contributed by atoms with Crippen LogP contribution in [0.15, 0.2) is 90.0 Å². The van der Waals surface area contributed by atoms with Gasteiger partial charge in [-0.15, -0.1) is 0 Å². The Morgan fingerprint density at radius 3 is 2.61 bits per heavy atom. The Kier molecular flexibility index (Phi) is 6.50. The molecule has 0 fully saturated rings. The molecule has 33 heavy (non-hydrogen) atoms. The molecule has 0 unspecified atom stereocenters. The van der Waals surface area contributed by atoms with Gasteiger partial charge >= 0.3 is 0 Å². The van der Waals surface area contributed by atoms with Crippen molar-refractivity contribution in [3.05, 3.63) is 96.4 Å². The van der Waals surface area contributed by atoms with Crippen LogP contribution in [-0.2, 0) is 10.0 Å². The zero-order chi connectivity index (χ0) is 23.3. The van der Waals surface area contributed by atoms with Crippen molar-refractivity contribution in [3.8, 4) is 5.75 Å². The Morgan fingerprint density at radius 1 is 1.00 bits per heavy atom. The minimum atomic E-state index is -4.11. The zero-order valence-corrected chi connectivity index (χ0v) is 18.2. The molecule has 1 heterocycles. The highest BCUT2D eigenvalue weighted by Crippen LogP contribution is 2.25. The van der Waals surface area contributed by atoms with Crippen molar-refractivity contribution in [1.82, 2.24) is 10.3 Å². The number of carbonyl (C=O) groups excluding carboxylic acids is 1. The summed E-state index contributed by atoms with van der Waals surface area (Å²) in [5.41, 5.74) is 0.0935. The van der Waals surface area contributed by atoms with Gasteiger partial charge in [0.1, 0.15) is 23.1 Å². The summed E-state index contributed by atoms with van der Waals surface area (Å²) in [6.07, 6.45) is 1.50. The first kappa shape index (κ1) is 22.2. The van der Waals surface area contributed by atoms with Crippen molar-refractivity contribution in [2.24, 2.45) is 0 Å². The third-order valence-electron chi connectivity index (χ3n) is 4.76. The summed E-state index contributed by atoms with van der Waals surface area (Å²) in [4.78, 5) is 16.8. The van der Waals surface area contributed by atoms with Crippen LogP contribution in [-0.4, -0.2) is 32.5 Å². The summed E-state index contributed by atoms with van der Waals surface area (Å²) in [5.74, 6) is -0.662. The number of benzene rings is 3. The third-order valence-corrected chi connectivity index (χ3v) is 6.15. The van der Waals surface area contributed by atoms with E-state index >= 15 is 0 Å². The molecule has 0 atom stereocenters. The summed E-state index contributed by atoms with van der Waals surface area (Å²) in [5, 5.41) is 3.26. The number of nitrogens with zero attached hydrogens (tertiary/aromatic N) is 1. The molecular formula is C24H22FN3O4S. The lowest BCUT2D eigenvalue weighted by Gasteiger charge is -2.14. The van der Waals surface area contributed by atoms with Crippen molar-refractivity contribution in [2.75, 3.05) is 17.9 Å². The highest BCUT2D eigenvalue weighted by Gasteiger charge is 2.22. The van der Waals surface area contributed by atoms with Crippen molar-refractivity contribution >= 4 is 32.5 Å². The molecule has 9 heteroatoms. The van der Waals surface area contributed by atoms with Gasteiger partial charge in [-0.2, -0.15) is 0 Å². The summed E-state index contributed by atoms with van der Waals surface area (Å²) < 4.78 is 48.0. The first-order chi connectivity index (χ1) is 15.9. The fraction of sp³-hybridized carbons (Fsp3) is 0.0833. The van der Waals surface area contributed by atoms with E-state index < -0.39 is 21.7 Å². The predicted molar refractivity (Wildman–Crippen MR) is 125 cm³/mol. The number of rotatable bonds is 8. The average molecular weight is 468 g/mol. The van der Waals surface area contributed by atoms with E-state index in [-0.39, 0.29) is 30.7 Å². The number of aromatic nitrogens is 1. The summed E-state index contributed by atoms with van der Waals surface area (Å²) >= 11 is 0. The fourth-order valence-electron chi connectivity index (χ4n) is 3.23. The number of halogens is 1. The monoisotopic (exact) mass is 467 g/mol. The quantitative estimate of drug-likeness (QED) is 0.378. The number of fused-ring (bicyclic) bond motifs is 1. The molecule has 0 spiro atoms. The maximum atomic E-state index is 13.9. The summed E-state index contributed by atoms with van der Waals surface area (Å²) in [6, 6.07) is 20.5. The molecule has 1 amide bonds. The molecule has 0 bridgehead atoms. The second-order valence-electron chi connectivity index (χ2n) is 7.04. The SMILES string of the molecule is O=C(NCCOc1ccccc1)c1cc(F)ccc1NS(=O)(=O)c1cccc2cccnc12.[HH]. The van der Waals surface area contributed by atoms with Crippen LogP contribution >= 0.6 is 0 Å². The minimum absolute atomic E-state index is 0. The van der Waals surface area contributed by atoms with Gasteiger partial charge in [0.2, 0.25) is 0 Å². The molecule has 0 aliphatic heterocycles. The molecule has 0 saturated carbocycles. The van der Waals surface area contributed by atoms with Crippen LogP contribution in [0.2, 0.25) is 0 Å². The number of hydrogen-bond donors (Lipinski definition) is 2. The van der Waals surface area contributed by atoms with Crippen LogP contribution in [0.1, 0.15) is 11.8 Å². The molecule has 2 N–H and O–H groups in total. The average Bonchev–Trinajstić information content (AvgIpc) is 2.83. The molecule has 4 aromatic rings. The minimum Gasteiger partial charge on any atom is -0.492 e. The molecule has 0 aliphatic rings. The van der Waals surface area contributed by atoms with Crippen molar-refractivity contribution in [2.45, 2.75) is 4.90 Å². The molecule has 3 aromatic carbocycles. The van der Waals surface area contributed by atoms with Crippen LogP contribution < -0.4 is 14.8 Å². The van der Waals surface area contributed by atoms with Crippen molar-refractivity contribution < 1.29 is 23.8 Å². The first-order valence-corrected chi connectivity index (χ1v) is 11.5. The van der Waals surface area contributed by atoms with E-state index in [1.165, 1.54) is 18.3 Å². The highest BCUT2D eigenvalue weighted by atomic mass is 32.2. The molecule has 7 nitrogen and oxygen atoms in total. The van der Waals surface area contributed by atoms with Gasteiger partial charge in [0.05, 0.1) is 23.3 Å². The Balaban J connectivity index is 0.00000324. The predicted octanol–water partition coefficient (Wildman–Crippen LogP) is 4.23. The standard InChI is InChI=1S/C24H20FN3O4S.H2/c25-18-11-12-21(20(16-18)24(29)27-14-15-32-19-8-2-1-3-9-19)28-33(30,31)22-10-4-6-17-7-5-13-26-23(17)22;/h1-13,16,28H,14-15H2,(H,27,29);1H. The Hall–Kier alpha value is -3.98. The van der Waals surface area contributed by atoms with Gasteiger partial charge in [-0.05, 0) is 42.5 Å². The molecule has 1 aromatic heterocycles. The van der Waals surface area contributed by atoms with Crippen LogP contribution in [0.5, 0.6) is 5.75 Å². The number of anilines is 1. The Bertz CT molecular complexity index is 1400. The van der Waals surface area contributed by atoms with Gasteiger partial charge in [0.15, 0.2) is 0 Å². The fourth-order valence-corrected chi connectivity index (χ4v) is 4.49. The highest BCUT2D eigenvalue weighted by molar-refractivity contribution is 7.93. The first-order valence-electron chi connectivity index (χ1n) is 10.1. The van der Waals surface area contributed by atoms with Gasteiger partial charge < -0.3 is 10.1 Å². The number of nitrogens with one attached hydrogen (secondary N) is 2. The number of hydrogen-bond acceptors (Lipinski definition) is 5. The topological polar surface area (TPSA) is 97.4 Å². The third kappa shape index (κ3) is 5.27. The summed E-state index contributed by atoms with van der Waals surface area (Å²) in [7, 11) is -4.11. The molecule has 170 valence electrons. The smallest absolute Gasteiger partial charge is 0.264 e. The van der Waals surface area contributed by atoms with E-state index in [1.807, 2.05) is 18.2 Å². The molecular weight excluding hydrogens is 445 g/mol. The Labute approximate surface area is 191 Å². The van der Waals surface area contributed by atoms with E-state index in [0.717, 1.165) is 12.1 Å². The molecule has 0 saturated heterocycles. The lowest BCUT2D eigenvalue weighted by Crippen LogP contribution is -2.29. The van der Waals surface area contributed by atoms with E-state index in [1.54, 1.807) is 36.4 Å². The van der Waals surface area contributed by atoms with Gasteiger partial charge in [0, 0.05) is 13.0 Å². The summed E-state index contributed by atoms with van der Waals surface area (Å²) in [6.45, 7) is 0.331. The largest absolute Gasteiger partial charge is 0.492 e. The number of para-hydroxylation sites is 2. The van der Waals surface area contributed by atoms with Gasteiger partial charge in [-0.3, -0.25) is 14.5 Å². The van der Waals surface area contributed by atoms with Gasteiger partial charge in [-0.25, -0.2) is 12.8 Å². The normalized spacial score (nSPS) is 11.2. The zero-order valence-electron chi connectivity index (χ0n) is 17.4.